The number of nitrogens with one attached hydrogen (secondary N) is 1. The van der Waals surface area contributed by atoms with E-state index in [2.05, 4.69) is 5.32 Å². The molecule has 2 saturated carbocycles. The molecule has 3 heteroatoms. The normalized spacial score (nSPS) is 34.3. The molecule has 0 aromatic carbocycles. The number of amides is 1. The Hall–Kier alpha value is -0.570. The molecular formula is C16H28N2O. The Kier molecular flexibility index (Phi) is 3.84. The predicted octanol–water partition coefficient (Wildman–Crippen LogP) is 2.45. The minimum absolute atomic E-state index is 0.0455. The first-order valence-electron chi connectivity index (χ1n) is 8.20. The van der Waals surface area contributed by atoms with E-state index >= 15 is 0 Å². The molecule has 1 aliphatic heterocycles. The highest BCUT2D eigenvalue weighted by Gasteiger charge is 2.50. The van der Waals surface area contributed by atoms with Gasteiger partial charge in [0.1, 0.15) is 0 Å². The van der Waals surface area contributed by atoms with Crippen molar-refractivity contribution in [1.29, 1.82) is 0 Å². The summed E-state index contributed by atoms with van der Waals surface area (Å²) in [5.74, 6) is 2.39. The Morgan fingerprint density at radius 3 is 2.42 bits per heavy atom. The first kappa shape index (κ1) is 13.4. The summed E-state index contributed by atoms with van der Waals surface area (Å²) in [6.45, 7) is 2.27. The molecule has 3 nitrogen and oxygen atoms in total. The van der Waals surface area contributed by atoms with Crippen LogP contribution in [0.2, 0.25) is 0 Å². The molecule has 3 N–H and O–H groups in total. The maximum Gasteiger partial charge on any atom is 0.223 e. The van der Waals surface area contributed by atoms with Crippen LogP contribution in [0.5, 0.6) is 0 Å². The number of primary amides is 1. The number of rotatable bonds is 5. The molecule has 3 aliphatic rings. The molecule has 0 aromatic rings. The van der Waals surface area contributed by atoms with Gasteiger partial charge in [-0.1, -0.05) is 32.1 Å². The van der Waals surface area contributed by atoms with E-state index in [0.717, 1.165) is 44.2 Å². The lowest BCUT2D eigenvalue weighted by Gasteiger charge is -2.28. The van der Waals surface area contributed by atoms with E-state index in [1.165, 1.54) is 38.5 Å². The van der Waals surface area contributed by atoms with Crippen molar-refractivity contribution in [2.75, 3.05) is 13.1 Å². The van der Waals surface area contributed by atoms with Crippen molar-refractivity contribution >= 4 is 5.91 Å². The Bertz CT molecular complexity index is 332. The summed E-state index contributed by atoms with van der Waals surface area (Å²) in [6.07, 6.45) is 11.7. The van der Waals surface area contributed by atoms with Crippen LogP contribution in [0.3, 0.4) is 0 Å². The van der Waals surface area contributed by atoms with Crippen molar-refractivity contribution in [1.82, 2.24) is 5.32 Å². The van der Waals surface area contributed by atoms with Crippen molar-refractivity contribution in [3.8, 4) is 0 Å². The largest absolute Gasteiger partial charge is 0.369 e. The standard InChI is InChI=1S/C16H28N2O/c17-15(19)16(6-7-16)9-14-11-18-10-13(14)8-12-4-2-1-3-5-12/h12-14,18H,1-11H2,(H2,17,19)/t13-,14-/m1/s1. The summed E-state index contributed by atoms with van der Waals surface area (Å²) < 4.78 is 0. The average Bonchev–Trinajstić information content (AvgIpc) is 3.07. The minimum atomic E-state index is -0.110. The van der Waals surface area contributed by atoms with Crippen LogP contribution in [0.15, 0.2) is 0 Å². The van der Waals surface area contributed by atoms with Gasteiger partial charge in [0.15, 0.2) is 0 Å². The van der Waals surface area contributed by atoms with Gasteiger partial charge in [-0.2, -0.15) is 0 Å². The Labute approximate surface area is 116 Å². The molecule has 2 aliphatic carbocycles. The lowest BCUT2D eigenvalue weighted by atomic mass is 9.77. The fraction of sp³-hybridized carbons (Fsp3) is 0.938. The van der Waals surface area contributed by atoms with Crippen molar-refractivity contribution in [2.45, 2.75) is 57.8 Å². The third-order valence-corrected chi connectivity index (χ3v) is 5.87. The highest BCUT2D eigenvalue weighted by atomic mass is 16.1. The molecule has 0 spiro atoms. The smallest absolute Gasteiger partial charge is 0.223 e. The van der Waals surface area contributed by atoms with E-state index < -0.39 is 0 Å². The molecule has 19 heavy (non-hydrogen) atoms. The summed E-state index contributed by atoms with van der Waals surface area (Å²) in [5, 5.41) is 3.55. The van der Waals surface area contributed by atoms with Crippen molar-refractivity contribution in [3.05, 3.63) is 0 Å². The fourth-order valence-electron chi connectivity index (χ4n) is 4.36. The second-order valence-corrected chi connectivity index (χ2v) is 7.27. The maximum absolute atomic E-state index is 11.6. The van der Waals surface area contributed by atoms with Gasteiger partial charge in [0.05, 0.1) is 0 Å². The quantitative estimate of drug-likeness (QED) is 0.801. The molecule has 0 radical (unpaired) electrons. The van der Waals surface area contributed by atoms with Crippen LogP contribution in [0.1, 0.15) is 57.8 Å². The number of hydrogen-bond donors (Lipinski definition) is 2. The highest BCUT2D eigenvalue weighted by Crippen LogP contribution is 2.52. The first-order chi connectivity index (χ1) is 9.20. The van der Waals surface area contributed by atoms with Crippen LogP contribution in [-0.4, -0.2) is 19.0 Å². The first-order valence-corrected chi connectivity index (χ1v) is 8.20. The van der Waals surface area contributed by atoms with Gasteiger partial charge in [0, 0.05) is 5.41 Å². The van der Waals surface area contributed by atoms with Crippen LogP contribution < -0.4 is 11.1 Å². The molecule has 0 bridgehead atoms. The fourth-order valence-corrected chi connectivity index (χ4v) is 4.36. The van der Waals surface area contributed by atoms with Gasteiger partial charge in [-0.05, 0) is 56.5 Å². The van der Waals surface area contributed by atoms with Gasteiger partial charge in [0.2, 0.25) is 5.91 Å². The second kappa shape index (κ2) is 5.43. The summed E-state index contributed by atoms with van der Waals surface area (Å²) in [4.78, 5) is 11.6. The maximum atomic E-state index is 11.6. The van der Waals surface area contributed by atoms with Crippen molar-refractivity contribution in [2.24, 2.45) is 28.9 Å². The van der Waals surface area contributed by atoms with Crippen LogP contribution in [0, 0.1) is 23.2 Å². The monoisotopic (exact) mass is 264 g/mol. The van der Waals surface area contributed by atoms with Crippen LogP contribution in [0.25, 0.3) is 0 Å². The lowest BCUT2D eigenvalue weighted by Crippen LogP contribution is -2.29. The molecule has 108 valence electrons. The van der Waals surface area contributed by atoms with Crippen LogP contribution in [0.4, 0.5) is 0 Å². The zero-order chi connectivity index (χ0) is 13.3. The molecule has 0 aromatic heterocycles. The molecule has 1 amide bonds. The third-order valence-electron chi connectivity index (χ3n) is 5.87. The SMILES string of the molecule is NC(=O)C1(C[C@@H]2CNC[C@H]2CC2CCCCC2)CC1. The molecule has 3 fully saturated rings. The van der Waals surface area contributed by atoms with Crippen molar-refractivity contribution < 1.29 is 4.79 Å². The van der Waals surface area contributed by atoms with Crippen LogP contribution in [-0.2, 0) is 4.79 Å². The third kappa shape index (κ3) is 2.96. The highest BCUT2D eigenvalue weighted by molar-refractivity contribution is 5.83. The number of carbonyl (C=O) groups is 1. The summed E-state index contributed by atoms with van der Waals surface area (Å²) >= 11 is 0. The van der Waals surface area contributed by atoms with E-state index in [1.54, 1.807) is 0 Å². The van der Waals surface area contributed by atoms with E-state index in [4.69, 9.17) is 5.73 Å². The predicted molar refractivity (Wildman–Crippen MR) is 76.5 cm³/mol. The summed E-state index contributed by atoms with van der Waals surface area (Å²) in [5.41, 5.74) is 5.47. The molecule has 1 heterocycles. The van der Waals surface area contributed by atoms with E-state index in [-0.39, 0.29) is 11.3 Å². The topological polar surface area (TPSA) is 55.1 Å². The van der Waals surface area contributed by atoms with Gasteiger partial charge in [0.25, 0.3) is 0 Å². The summed E-state index contributed by atoms with van der Waals surface area (Å²) in [7, 11) is 0. The van der Waals surface area contributed by atoms with E-state index in [1.807, 2.05) is 0 Å². The van der Waals surface area contributed by atoms with Gasteiger partial charge in [-0.3, -0.25) is 4.79 Å². The Morgan fingerprint density at radius 1 is 1.11 bits per heavy atom. The average molecular weight is 264 g/mol. The molecular weight excluding hydrogens is 236 g/mol. The van der Waals surface area contributed by atoms with Crippen molar-refractivity contribution in [3.63, 3.8) is 0 Å². The van der Waals surface area contributed by atoms with Gasteiger partial charge in [-0.15, -0.1) is 0 Å². The zero-order valence-electron chi connectivity index (χ0n) is 12.0. The van der Waals surface area contributed by atoms with Gasteiger partial charge < -0.3 is 11.1 Å². The van der Waals surface area contributed by atoms with Crippen LogP contribution >= 0.6 is 0 Å². The van der Waals surface area contributed by atoms with E-state index in [0.29, 0.717) is 5.92 Å². The minimum Gasteiger partial charge on any atom is -0.369 e. The molecule has 0 unspecified atom stereocenters. The molecule has 3 rings (SSSR count). The van der Waals surface area contributed by atoms with E-state index in [9.17, 15) is 4.79 Å². The Morgan fingerprint density at radius 2 is 1.79 bits per heavy atom. The number of nitrogens with two attached hydrogens (primary N) is 1. The van der Waals surface area contributed by atoms with Gasteiger partial charge >= 0.3 is 0 Å². The summed E-state index contributed by atoms with van der Waals surface area (Å²) in [6, 6.07) is 0. The second-order valence-electron chi connectivity index (χ2n) is 7.27. The Balaban J connectivity index is 1.54. The molecule has 1 saturated heterocycles. The number of hydrogen-bond acceptors (Lipinski definition) is 2. The lowest BCUT2D eigenvalue weighted by molar-refractivity contribution is -0.123. The zero-order valence-corrected chi connectivity index (χ0v) is 12.0. The van der Waals surface area contributed by atoms with Gasteiger partial charge in [-0.25, -0.2) is 0 Å². The number of carbonyl (C=O) groups excluding carboxylic acids is 1. The molecule has 2 atom stereocenters.